The van der Waals surface area contributed by atoms with Crippen molar-refractivity contribution in [2.45, 2.75) is 25.7 Å². The number of nitrogens with one attached hydrogen (secondary N) is 1. The van der Waals surface area contributed by atoms with Crippen molar-refractivity contribution in [2.75, 3.05) is 20.6 Å². The lowest BCUT2D eigenvalue weighted by atomic mass is 9.94. The molecule has 0 aliphatic heterocycles. The number of hydrogen-bond donors (Lipinski definition) is 2. The minimum absolute atomic E-state index is 0.0258. The average Bonchev–Trinajstić information content (AvgIpc) is 2.64. The Balaban J connectivity index is 1.91. The molecular formula is C21H26N2O4. The van der Waals surface area contributed by atoms with E-state index in [1.165, 1.54) is 4.90 Å². The van der Waals surface area contributed by atoms with Crippen molar-refractivity contribution in [2.24, 2.45) is 5.92 Å². The number of rotatable bonds is 9. The third-order valence-electron chi connectivity index (χ3n) is 4.53. The van der Waals surface area contributed by atoms with Gasteiger partial charge in [-0.2, -0.15) is 0 Å². The lowest BCUT2D eigenvalue weighted by Gasteiger charge is -2.15. The number of aliphatic carboxylic acids is 1. The van der Waals surface area contributed by atoms with Crippen molar-refractivity contribution >= 4 is 28.6 Å². The van der Waals surface area contributed by atoms with Crippen LogP contribution in [0.3, 0.4) is 0 Å². The summed E-state index contributed by atoms with van der Waals surface area (Å²) in [5.74, 6) is -1.90. The molecule has 0 saturated carbocycles. The fourth-order valence-electron chi connectivity index (χ4n) is 2.93. The summed E-state index contributed by atoms with van der Waals surface area (Å²) < 4.78 is 0. The lowest BCUT2D eigenvalue weighted by molar-refractivity contribution is -0.141. The Kier molecular flexibility index (Phi) is 7.34. The minimum atomic E-state index is -0.939. The molecule has 1 unspecified atom stereocenters. The van der Waals surface area contributed by atoms with Crippen LogP contribution in [-0.2, 0) is 20.8 Å². The second-order valence-corrected chi connectivity index (χ2v) is 6.82. The number of amides is 2. The van der Waals surface area contributed by atoms with Crippen LogP contribution in [0.1, 0.15) is 24.8 Å². The van der Waals surface area contributed by atoms with Gasteiger partial charge in [0.2, 0.25) is 11.8 Å². The number of fused-ring (bicyclic) bond motifs is 1. The maximum atomic E-state index is 12.0. The molecule has 0 radical (unpaired) electrons. The average molecular weight is 370 g/mol. The molecule has 0 saturated heterocycles. The van der Waals surface area contributed by atoms with E-state index in [0.717, 1.165) is 16.3 Å². The molecule has 2 rings (SSSR count). The summed E-state index contributed by atoms with van der Waals surface area (Å²) in [6.07, 6.45) is 1.30. The fraction of sp³-hybridized carbons (Fsp3) is 0.381. The number of carboxylic acids is 1. The first-order valence-corrected chi connectivity index (χ1v) is 9.04. The maximum Gasteiger partial charge on any atom is 0.308 e. The van der Waals surface area contributed by atoms with Crippen LogP contribution < -0.4 is 5.32 Å². The number of hydrogen-bond acceptors (Lipinski definition) is 3. The zero-order chi connectivity index (χ0) is 19.8. The van der Waals surface area contributed by atoms with E-state index >= 15 is 0 Å². The van der Waals surface area contributed by atoms with Crippen LogP contribution >= 0.6 is 0 Å². The Hall–Kier alpha value is -2.89. The molecule has 0 spiro atoms. The summed E-state index contributed by atoms with van der Waals surface area (Å²) in [6, 6.07) is 13.7. The smallest absolute Gasteiger partial charge is 0.308 e. The highest BCUT2D eigenvalue weighted by molar-refractivity contribution is 5.86. The van der Waals surface area contributed by atoms with Crippen molar-refractivity contribution in [1.29, 1.82) is 0 Å². The second-order valence-electron chi connectivity index (χ2n) is 6.82. The van der Waals surface area contributed by atoms with E-state index in [1.54, 1.807) is 14.1 Å². The molecule has 27 heavy (non-hydrogen) atoms. The standard InChI is InChI=1S/C21H26N2O4/c1-23(2)20(25)12-6-11-19(24)22-14-17(21(26)27)13-16-9-5-8-15-7-3-4-10-18(15)16/h3-5,7-10,17H,6,11-14H2,1-2H3,(H,22,24)(H,26,27). The van der Waals surface area contributed by atoms with E-state index in [1.807, 2.05) is 42.5 Å². The van der Waals surface area contributed by atoms with Gasteiger partial charge in [-0.3, -0.25) is 14.4 Å². The van der Waals surface area contributed by atoms with Crippen molar-refractivity contribution in [1.82, 2.24) is 10.2 Å². The molecule has 0 aliphatic rings. The summed E-state index contributed by atoms with van der Waals surface area (Å²) in [4.78, 5) is 36.6. The normalized spacial score (nSPS) is 11.8. The first-order valence-electron chi connectivity index (χ1n) is 9.04. The molecule has 6 heteroatoms. The molecule has 0 bridgehead atoms. The molecule has 6 nitrogen and oxygen atoms in total. The molecule has 0 heterocycles. The Morgan fingerprint density at radius 1 is 1.04 bits per heavy atom. The number of carbonyl (C=O) groups is 3. The van der Waals surface area contributed by atoms with Crippen molar-refractivity contribution < 1.29 is 19.5 Å². The fourth-order valence-corrected chi connectivity index (χ4v) is 2.93. The van der Waals surface area contributed by atoms with Crippen LogP contribution in [0.2, 0.25) is 0 Å². The largest absolute Gasteiger partial charge is 0.481 e. The summed E-state index contributed by atoms with van der Waals surface area (Å²) in [6.45, 7) is 0.0685. The highest BCUT2D eigenvalue weighted by Crippen LogP contribution is 2.21. The first-order chi connectivity index (χ1) is 12.9. The summed E-state index contributed by atoms with van der Waals surface area (Å²) >= 11 is 0. The third kappa shape index (κ3) is 6.09. The number of carbonyl (C=O) groups excluding carboxylic acids is 2. The molecule has 2 N–H and O–H groups in total. The van der Waals surface area contributed by atoms with Crippen LogP contribution in [0.25, 0.3) is 10.8 Å². The molecule has 2 amide bonds. The summed E-state index contributed by atoms with van der Waals surface area (Å²) in [5.41, 5.74) is 0.950. The van der Waals surface area contributed by atoms with Crippen molar-refractivity contribution in [3.8, 4) is 0 Å². The maximum absolute atomic E-state index is 12.0. The Labute approximate surface area is 159 Å². The zero-order valence-electron chi connectivity index (χ0n) is 15.8. The van der Waals surface area contributed by atoms with Crippen LogP contribution in [0.5, 0.6) is 0 Å². The van der Waals surface area contributed by atoms with Crippen LogP contribution in [-0.4, -0.2) is 48.4 Å². The van der Waals surface area contributed by atoms with Crippen LogP contribution in [0.4, 0.5) is 0 Å². The predicted octanol–water partition coefficient (Wildman–Crippen LogP) is 2.46. The zero-order valence-corrected chi connectivity index (χ0v) is 15.8. The van der Waals surface area contributed by atoms with Gasteiger partial charge in [-0.1, -0.05) is 42.5 Å². The van der Waals surface area contributed by atoms with Crippen molar-refractivity contribution in [3.63, 3.8) is 0 Å². The number of benzene rings is 2. The quantitative estimate of drug-likeness (QED) is 0.710. The molecule has 0 aliphatic carbocycles. The van der Waals surface area contributed by atoms with Crippen molar-refractivity contribution in [3.05, 3.63) is 48.0 Å². The molecule has 0 fully saturated rings. The topological polar surface area (TPSA) is 86.7 Å². The second kappa shape index (κ2) is 9.71. The van der Waals surface area contributed by atoms with Gasteiger partial charge >= 0.3 is 5.97 Å². The monoisotopic (exact) mass is 370 g/mol. The van der Waals surface area contributed by atoms with Gasteiger partial charge in [-0.15, -0.1) is 0 Å². The predicted molar refractivity (Wildman–Crippen MR) is 104 cm³/mol. The lowest BCUT2D eigenvalue weighted by Crippen LogP contribution is -2.34. The SMILES string of the molecule is CN(C)C(=O)CCCC(=O)NCC(Cc1cccc2ccccc12)C(=O)O. The highest BCUT2D eigenvalue weighted by atomic mass is 16.4. The van der Waals surface area contributed by atoms with Crippen LogP contribution in [0, 0.1) is 5.92 Å². The minimum Gasteiger partial charge on any atom is -0.481 e. The molecule has 144 valence electrons. The van der Waals surface area contributed by atoms with Gasteiger partial charge in [0.15, 0.2) is 0 Å². The third-order valence-corrected chi connectivity index (χ3v) is 4.53. The highest BCUT2D eigenvalue weighted by Gasteiger charge is 2.20. The Bertz CT molecular complexity index is 811. The number of nitrogens with zero attached hydrogens (tertiary/aromatic N) is 1. The van der Waals surface area contributed by atoms with Gasteiger partial charge in [0.1, 0.15) is 0 Å². The van der Waals surface area contributed by atoms with Gasteiger partial charge in [0.25, 0.3) is 0 Å². The first kappa shape index (κ1) is 20.4. The Morgan fingerprint density at radius 3 is 2.44 bits per heavy atom. The van der Waals surface area contributed by atoms with Crippen LogP contribution in [0.15, 0.2) is 42.5 Å². The number of carboxylic acid groups (broad SMARTS) is 1. The molecular weight excluding hydrogens is 344 g/mol. The molecule has 2 aromatic carbocycles. The van der Waals surface area contributed by atoms with Gasteiger partial charge < -0.3 is 15.3 Å². The molecule has 2 aromatic rings. The molecule has 0 aromatic heterocycles. The van der Waals surface area contributed by atoms with E-state index in [-0.39, 0.29) is 24.8 Å². The van der Waals surface area contributed by atoms with E-state index in [2.05, 4.69) is 5.32 Å². The van der Waals surface area contributed by atoms with E-state index in [0.29, 0.717) is 19.3 Å². The van der Waals surface area contributed by atoms with E-state index in [9.17, 15) is 19.5 Å². The summed E-state index contributed by atoms with van der Waals surface area (Å²) in [7, 11) is 3.35. The Morgan fingerprint density at radius 2 is 1.74 bits per heavy atom. The van der Waals surface area contributed by atoms with E-state index in [4.69, 9.17) is 0 Å². The molecule has 1 atom stereocenters. The van der Waals surface area contributed by atoms with Gasteiger partial charge in [0, 0.05) is 33.5 Å². The summed E-state index contributed by atoms with van der Waals surface area (Å²) in [5, 5.41) is 14.3. The van der Waals surface area contributed by atoms with Gasteiger partial charge in [-0.05, 0) is 29.2 Å². The van der Waals surface area contributed by atoms with Gasteiger partial charge in [0.05, 0.1) is 5.92 Å². The van der Waals surface area contributed by atoms with Gasteiger partial charge in [-0.25, -0.2) is 0 Å². The van der Waals surface area contributed by atoms with E-state index < -0.39 is 11.9 Å².